The molecule has 13 heavy (non-hydrogen) atoms. The molecule has 1 heteroatoms. The summed E-state index contributed by atoms with van der Waals surface area (Å²) in [7, 11) is 0. The van der Waals surface area contributed by atoms with Crippen LogP contribution in [0.1, 0.15) is 24.5 Å². The Balaban J connectivity index is 2.51. The molecule has 0 radical (unpaired) electrons. The van der Waals surface area contributed by atoms with Gasteiger partial charge in [-0.15, -0.1) is 0 Å². The van der Waals surface area contributed by atoms with E-state index < -0.39 is 0 Å². The summed E-state index contributed by atoms with van der Waals surface area (Å²) >= 11 is 0. The second-order valence-electron chi connectivity index (χ2n) is 3.51. The molecule has 2 rings (SSSR count). The van der Waals surface area contributed by atoms with Gasteiger partial charge in [-0.05, 0) is 31.1 Å². The van der Waals surface area contributed by atoms with Crippen molar-refractivity contribution in [1.29, 1.82) is 0 Å². The van der Waals surface area contributed by atoms with E-state index in [1.807, 2.05) is 0 Å². The molecule has 1 aliphatic rings. The highest BCUT2D eigenvalue weighted by Gasteiger charge is 2.09. The summed E-state index contributed by atoms with van der Waals surface area (Å²) in [5.74, 6) is 0. The lowest BCUT2D eigenvalue weighted by Crippen LogP contribution is -2.07. The van der Waals surface area contributed by atoms with E-state index in [4.69, 9.17) is 0 Å². The van der Waals surface area contributed by atoms with Crippen molar-refractivity contribution in [3.8, 4) is 0 Å². The SMILES string of the molecule is CCC1=CCNc2ccc(C)cc21. The molecule has 68 valence electrons. The minimum atomic E-state index is 0.971. The lowest BCUT2D eigenvalue weighted by molar-refractivity contribution is 1.18. The van der Waals surface area contributed by atoms with Gasteiger partial charge in [0.1, 0.15) is 0 Å². The number of nitrogens with one attached hydrogen (secondary N) is 1. The van der Waals surface area contributed by atoms with Crippen LogP contribution < -0.4 is 5.32 Å². The van der Waals surface area contributed by atoms with E-state index in [-0.39, 0.29) is 0 Å². The smallest absolute Gasteiger partial charge is 0.0419 e. The summed E-state index contributed by atoms with van der Waals surface area (Å²) < 4.78 is 0. The Morgan fingerprint density at radius 2 is 2.23 bits per heavy atom. The van der Waals surface area contributed by atoms with Crippen LogP contribution in [0, 0.1) is 6.92 Å². The second kappa shape index (κ2) is 3.25. The number of benzene rings is 1. The molecule has 1 nitrogen and oxygen atoms in total. The van der Waals surface area contributed by atoms with Gasteiger partial charge in [-0.2, -0.15) is 0 Å². The Kier molecular flexibility index (Phi) is 2.09. The highest BCUT2D eigenvalue weighted by molar-refractivity contribution is 5.79. The number of hydrogen-bond acceptors (Lipinski definition) is 1. The van der Waals surface area contributed by atoms with Gasteiger partial charge in [-0.1, -0.05) is 24.6 Å². The van der Waals surface area contributed by atoms with Crippen LogP contribution in [0.2, 0.25) is 0 Å². The van der Waals surface area contributed by atoms with E-state index in [2.05, 4.69) is 43.4 Å². The van der Waals surface area contributed by atoms with Crippen LogP contribution >= 0.6 is 0 Å². The summed E-state index contributed by atoms with van der Waals surface area (Å²) in [5.41, 5.74) is 5.47. The topological polar surface area (TPSA) is 12.0 Å². The largest absolute Gasteiger partial charge is 0.381 e. The fourth-order valence-corrected chi connectivity index (χ4v) is 1.81. The number of anilines is 1. The van der Waals surface area contributed by atoms with Crippen molar-refractivity contribution in [3.05, 3.63) is 35.4 Å². The molecule has 1 aliphatic heterocycles. The number of allylic oxidation sites excluding steroid dienone is 1. The Hall–Kier alpha value is -1.24. The summed E-state index contributed by atoms with van der Waals surface area (Å²) in [5, 5.41) is 3.38. The van der Waals surface area contributed by atoms with Crippen LogP contribution in [0.4, 0.5) is 5.69 Å². The molecule has 0 atom stereocenters. The zero-order valence-corrected chi connectivity index (χ0v) is 8.22. The first kappa shape index (κ1) is 8.36. The van der Waals surface area contributed by atoms with Crippen molar-refractivity contribution >= 4 is 11.3 Å². The fourth-order valence-electron chi connectivity index (χ4n) is 1.81. The molecule has 0 aliphatic carbocycles. The van der Waals surface area contributed by atoms with Crippen LogP contribution in [0.5, 0.6) is 0 Å². The molecule has 0 spiro atoms. The predicted octanol–water partition coefficient (Wildman–Crippen LogP) is 3.21. The van der Waals surface area contributed by atoms with Crippen molar-refractivity contribution in [3.63, 3.8) is 0 Å². The second-order valence-corrected chi connectivity index (χ2v) is 3.51. The van der Waals surface area contributed by atoms with Crippen molar-refractivity contribution in [2.75, 3.05) is 11.9 Å². The minimum absolute atomic E-state index is 0.971. The lowest BCUT2D eigenvalue weighted by Gasteiger charge is -2.18. The molecule has 1 heterocycles. The third kappa shape index (κ3) is 1.46. The van der Waals surface area contributed by atoms with Crippen LogP contribution in [-0.2, 0) is 0 Å². The quantitative estimate of drug-likeness (QED) is 0.687. The third-order valence-corrected chi connectivity index (χ3v) is 2.54. The van der Waals surface area contributed by atoms with Gasteiger partial charge in [0.2, 0.25) is 0 Å². The molecule has 1 N–H and O–H groups in total. The number of hydrogen-bond donors (Lipinski definition) is 1. The molecule has 1 aromatic rings. The number of fused-ring (bicyclic) bond motifs is 1. The van der Waals surface area contributed by atoms with Gasteiger partial charge < -0.3 is 5.32 Å². The van der Waals surface area contributed by atoms with Crippen LogP contribution in [0.3, 0.4) is 0 Å². The predicted molar refractivity (Wildman–Crippen MR) is 57.9 cm³/mol. The summed E-state index contributed by atoms with van der Waals surface area (Å²) in [6.45, 7) is 5.32. The molecular formula is C12H15N. The van der Waals surface area contributed by atoms with Crippen molar-refractivity contribution in [2.24, 2.45) is 0 Å². The van der Waals surface area contributed by atoms with Crippen LogP contribution in [0.15, 0.2) is 24.3 Å². The Morgan fingerprint density at radius 3 is 3.00 bits per heavy atom. The standard InChI is InChI=1S/C12H15N/c1-3-10-6-7-13-12-5-4-9(2)8-11(10)12/h4-6,8,13H,3,7H2,1-2H3. The van der Waals surface area contributed by atoms with E-state index in [9.17, 15) is 0 Å². The molecule has 0 saturated heterocycles. The van der Waals surface area contributed by atoms with Gasteiger partial charge in [0, 0.05) is 17.8 Å². The van der Waals surface area contributed by atoms with E-state index in [0.29, 0.717) is 0 Å². The van der Waals surface area contributed by atoms with E-state index in [1.54, 1.807) is 0 Å². The first-order valence-corrected chi connectivity index (χ1v) is 4.85. The molecule has 0 saturated carbocycles. The first-order valence-electron chi connectivity index (χ1n) is 4.85. The highest BCUT2D eigenvalue weighted by Crippen LogP contribution is 2.29. The minimum Gasteiger partial charge on any atom is -0.381 e. The van der Waals surface area contributed by atoms with Gasteiger partial charge in [0.15, 0.2) is 0 Å². The number of rotatable bonds is 1. The van der Waals surface area contributed by atoms with Gasteiger partial charge in [-0.25, -0.2) is 0 Å². The maximum atomic E-state index is 3.38. The Bertz CT molecular complexity index is 350. The zero-order valence-electron chi connectivity index (χ0n) is 8.22. The maximum absolute atomic E-state index is 3.38. The van der Waals surface area contributed by atoms with Gasteiger partial charge >= 0.3 is 0 Å². The van der Waals surface area contributed by atoms with Gasteiger partial charge in [-0.3, -0.25) is 0 Å². The molecule has 0 bridgehead atoms. The Labute approximate surface area is 79.5 Å². The van der Waals surface area contributed by atoms with Crippen molar-refractivity contribution in [1.82, 2.24) is 0 Å². The van der Waals surface area contributed by atoms with E-state index >= 15 is 0 Å². The van der Waals surface area contributed by atoms with Crippen molar-refractivity contribution < 1.29 is 0 Å². The molecule has 0 unspecified atom stereocenters. The zero-order chi connectivity index (χ0) is 9.26. The normalized spacial score (nSPS) is 14.5. The van der Waals surface area contributed by atoms with Crippen LogP contribution in [0.25, 0.3) is 5.57 Å². The third-order valence-electron chi connectivity index (χ3n) is 2.54. The fraction of sp³-hybridized carbons (Fsp3) is 0.333. The molecule has 0 aromatic heterocycles. The average molecular weight is 173 g/mol. The van der Waals surface area contributed by atoms with E-state index in [0.717, 1.165) is 13.0 Å². The summed E-state index contributed by atoms with van der Waals surface area (Å²) in [4.78, 5) is 0. The summed E-state index contributed by atoms with van der Waals surface area (Å²) in [6.07, 6.45) is 3.40. The van der Waals surface area contributed by atoms with E-state index in [1.165, 1.54) is 22.4 Å². The monoisotopic (exact) mass is 173 g/mol. The Morgan fingerprint density at radius 1 is 1.38 bits per heavy atom. The van der Waals surface area contributed by atoms with Gasteiger partial charge in [0.05, 0.1) is 0 Å². The number of aryl methyl sites for hydroxylation is 1. The summed E-state index contributed by atoms with van der Waals surface area (Å²) in [6, 6.07) is 6.59. The lowest BCUT2D eigenvalue weighted by atomic mass is 9.97. The first-order chi connectivity index (χ1) is 6.31. The molecule has 1 aromatic carbocycles. The van der Waals surface area contributed by atoms with Crippen molar-refractivity contribution in [2.45, 2.75) is 20.3 Å². The van der Waals surface area contributed by atoms with Crippen LogP contribution in [-0.4, -0.2) is 6.54 Å². The molecular weight excluding hydrogens is 158 g/mol. The average Bonchev–Trinajstić information content (AvgIpc) is 2.17. The molecule has 0 fully saturated rings. The van der Waals surface area contributed by atoms with Gasteiger partial charge in [0.25, 0.3) is 0 Å². The maximum Gasteiger partial charge on any atom is 0.0419 e. The highest BCUT2D eigenvalue weighted by atomic mass is 14.9. The molecule has 0 amide bonds.